The Hall–Kier alpha value is -4.46. The van der Waals surface area contributed by atoms with Gasteiger partial charge in [-0.3, -0.25) is 0 Å². The summed E-state index contributed by atoms with van der Waals surface area (Å²) in [5.74, 6) is 1.81. The Morgan fingerprint density at radius 3 is 2.22 bits per heavy atom. The lowest BCUT2D eigenvalue weighted by Gasteiger charge is -2.12. The summed E-state index contributed by atoms with van der Waals surface area (Å²) in [6.07, 6.45) is 1.90. The fraction of sp³-hybridized carbons (Fsp3) is 0.125. The zero-order valence-corrected chi connectivity index (χ0v) is 23.8. The van der Waals surface area contributed by atoms with Crippen molar-refractivity contribution >= 4 is 29.2 Å². The maximum Gasteiger partial charge on any atom is 0.335 e. The van der Waals surface area contributed by atoms with Crippen LogP contribution in [0.25, 0.3) is 22.4 Å². The summed E-state index contributed by atoms with van der Waals surface area (Å²) in [6, 6.07) is 25.4. The van der Waals surface area contributed by atoms with E-state index < -0.39 is 5.97 Å². The molecule has 41 heavy (non-hydrogen) atoms. The Bertz CT molecular complexity index is 1680. The molecule has 0 unspecified atom stereocenters. The summed E-state index contributed by atoms with van der Waals surface area (Å²) >= 11 is 12.6. The molecular weight excluding hydrogens is 563 g/mol. The van der Waals surface area contributed by atoms with Gasteiger partial charge in [0.25, 0.3) is 0 Å². The average Bonchev–Trinajstić information content (AvgIpc) is 3.38. The van der Waals surface area contributed by atoms with Crippen LogP contribution in [0.5, 0.6) is 17.2 Å². The maximum atomic E-state index is 11.3. The largest absolute Gasteiger partial charge is 0.497 e. The van der Waals surface area contributed by atoms with Crippen LogP contribution >= 0.6 is 23.2 Å². The molecule has 0 amide bonds. The number of aromatic carboxylic acids is 1. The first-order valence-corrected chi connectivity index (χ1v) is 13.4. The molecule has 0 fully saturated rings. The van der Waals surface area contributed by atoms with Crippen molar-refractivity contribution in [2.75, 3.05) is 14.2 Å². The van der Waals surface area contributed by atoms with Gasteiger partial charge in [-0.05, 0) is 65.7 Å². The third-order valence-electron chi connectivity index (χ3n) is 6.56. The van der Waals surface area contributed by atoms with Gasteiger partial charge in [0.2, 0.25) is 0 Å². The summed E-state index contributed by atoms with van der Waals surface area (Å²) in [6.45, 7) is 0.663. The molecule has 0 spiro atoms. The van der Waals surface area contributed by atoms with E-state index in [4.69, 9.17) is 42.4 Å². The van der Waals surface area contributed by atoms with Crippen molar-refractivity contribution in [3.63, 3.8) is 0 Å². The average molecular weight is 589 g/mol. The molecule has 0 aliphatic rings. The number of nitrogens with zero attached hydrogens (tertiary/aromatic N) is 2. The highest BCUT2D eigenvalue weighted by atomic mass is 35.5. The van der Waals surface area contributed by atoms with Crippen molar-refractivity contribution < 1.29 is 24.1 Å². The molecule has 0 saturated carbocycles. The van der Waals surface area contributed by atoms with Gasteiger partial charge in [0, 0.05) is 35.0 Å². The molecule has 1 N–H and O–H groups in total. The summed E-state index contributed by atoms with van der Waals surface area (Å²) in [4.78, 5) is 16.1. The molecule has 0 radical (unpaired) electrons. The van der Waals surface area contributed by atoms with E-state index in [1.54, 1.807) is 50.6 Å². The van der Waals surface area contributed by atoms with Gasteiger partial charge >= 0.3 is 5.97 Å². The normalized spacial score (nSPS) is 10.8. The number of ether oxygens (including phenoxy) is 3. The first-order valence-electron chi connectivity index (χ1n) is 12.6. The van der Waals surface area contributed by atoms with E-state index in [-0.39, 0.29) is 12.2 Å². The number of carboxylic acids is 1. The molecule has 0 saturated heterocycles. The highest BCUT2D eigenvalue weighted by Crippen LogP contribution is 2.34. The molecule has 7 nitrogen and oxygen atoms in total. The molecule has 1 aromatic heterocycles. The van der Waals surface area contributed by atoms with Crippen LogP contribution in [0.1, 0.15) is 21.7 Å². The zero-order chi connectivity index (χ0) is 28.9. The molecular formula is C32H26Cl2N2O5. The van der Waals surface area contributed by atoms with Crippen LogP contribution < -0.4 is 14.2 Å². The van der Waals surface area contributed by atoms with Crippen molar-refractivity contribution in [1.29, 1.82) is 0 Å². The molecule has 9 heteroatoms. The Morgan fingerprint density at radius 2 is 1.56 bits per heavy atom. The minimum absolute atomic E-state index is 0.198. The minimum Gasteiger partial charge on any atom is -0.497 e. The number of rotatable bonds is 10. The summed E-state index contributed by atoms with van der Waals surface area (Å²) in [5.41, 5.74) is 4.48. The molecule has 0 atom stereocenters. The fourth-order valence-electron chi connectivity index (χ4n) is 4.40. The van der Waals surface area contributed by atoms with Gasteiger partial charge in [-0.1, -0.05) is 47.5 Å². The summed E-state index contributed by atoms with van der Waals surface area (Å²) in [5, 5.41) is 10.3. The Kier molecular flexibility index (Phi) is 8.47. The first kappa shape index (κ1) is 28.1. The molecule has 0 aliphatic heterocycles. The van der Waals surface area contributed by atoms with Crippen LogP contribution in [-0.2, 0) is 13.2 Å². The number of hydrogen-bond acceptors (Lipinski definition) is 5. The molecule has 0 bridgehead atoms. The van der Waals surface area contributed by atoms with Crippen LogP contribution in [0.15, 0.2) is 91.1 Å². The van der Waals surface area contributed by atoms with Gasteiger partial charge in [-0.15, -0.1) is 0 Å². The smallest absolute Gasteiger partial charge is 0.335 e. The quantitative estimate of drug-likeness (QED) is 0.179. The number of aromatic nitrogens is 2. The minimum atomic E-state index is -0.968. The second kappa shape index (κ2) is 12.4. The highest BCUT2D eigenvalue weighted by Gasteiger charge is 2.15. The third-order valence-corrected chi connectivity index (χ3v) is 7.11. The third kappa shape index (κ3) is 6.48. The van der Waals surface area contributed by atoms with Crippen LogP contribution in [0, 0.1) is 0 Å². The van der Waals surface area contributed by atoms with E-state index in [1.807, 2.05) is 59.3 Å². The number of hydrogen-bond donors (Lipinski definition) is 1. The van der Waals surface area contributed by atoms with E-state index in [0.717, 1.165) is 28.0 Å². The summed E-state index contributed by atoms with van der Waals surface area (Å²) < 4.78 is 18.9. The van der Waals surface area contributed by atoms with Crippen molar-refractivity contribution in [3.8, 4) is 39.6 Å². The number of halogens is 2. The lowest BCUT2D eigenvalue weighted by Crippen LogP contribution is -2.08. The standard InChI is InChI=1S/C32H26Cl2N2O5/c1-39-25-12-14-26(30(16-25)40-2)21-7-10-24(11-8-21)41-19-31-35-29(27-13-9-23(33)15-28(27)34)18-36(31)17-20-3-5-22(6-4-20)32(37)38/h3-16,18H,17,19H2,1-2H3,(H,37,38). The summed E-state index contributed by atoms with van der Waals surface area (Å²) in [7, 11) is 3.25. The number of carbonyl (C=O) groups is 1. The van der Waals surface area contributed by atoms with Gasteiger partial charge < -0.3 is 23.9 Å². The molecule has 5 aromatic rings. The topological polar surface area (TPSA) is 82.8 Å². The van der Waals surface area contributed by atoms with Crippen molar-refractivity contribution in [2.24, 2.45) is 0 Å². The molecule has 1 heterocycles. The molecule has 208 valence electrons. The van der Waals surface area contributed by atoms with Crippen molar-refractivity contribution in [3.05, 3.63) is 118 Å². The van der Waals surface area contributed by atoms with Gasteiger partial charge in [-0.25, -0.2) is 9.78 Å². The Balaban J connectivity index is 1.39. The van der Waals surface area contributed by atoms with Crippen LogP contribution in [0.3, 0.4) is 0 Å². The second-order valence-corrected chi connectivity index (χ2v) is 10.0. The van der Waals surface area contributed by atoms with E-state index in [1.165, 1.54) is 0 Å². The maximum absolute atomic E-state index is 11.3. The number of carboxylic acid groups (broad SMARTS) is 1. The Morgan fingerprint density at radius 1 is 0.854 bits per heavy atom. The van der Waals surface area contributed by atoms with E-state index in [9.17, 15) is 9.90 Å². The Labute approximate surface area is 247 Å². The van der Waals surface area contributed by atoms with Crippen LogP contribution in [0.4, 0.5) is 0 Å². The number of imidazole rings is 1. The zero-order valence-electron chi connectivity index (χ0n) is 22.3. The van der Waals surface area contributed by atoms with E-state index in [0.29, 0.717) is 39.6 Å². The number of benzene rings is 4. The van der Waals surface area contributed by atoms with Crippen LogP contribution in [-0.4, -0.2) is 34.8 Å². The van der Waals surface area contributed by atoms with E-state index >= 15 is 0 Å². The molecule has 0 aliphatic carbocycles. The first-order chi connectivity index (χ1) is 19.8. The van der Waals surface area contributed by atoms with Crippen LogP contribution in [0.2, 0.25) is 10.0 Å². The van der Waals surface area contributed by atoms with Gasteiger partial charge in [0.1, 0.15) is 29.7 Å². The van der Waals surface area contributed by atoms with Crippen molar-refractivity contribution in [2.45, 2.75) is 13.2 Å². The van der Waals surface area contributed by atoms with E-state index in [2.05, 4.69) is 0 Å². The molecule has 5 rings (SSSR count). The lowest BCUT2D eigenvalue weighted by molar-refractivity contribution is 0.0697. The second-order valence-electron chi connectivity index (χ2n) is 9.18. The molecule has 4 aromatic carbocycles. The number of methoxy groups -OCH3 is 2. The van der Waals surface area contributed by atoms with Gasteiger partial charge in [0.05, 0.1) is 30.5 Å². The van der Waals surface area contributed by atoms with Gasteiger partial charge in [-0.2, -0.15) is 0 Å². The SMILES string of the molecule is COc1ccc(-c2ccc(OCc3nc(-c4ccc(Cl)cc4Cl)cn3Cc3ccc(C(=O)O)cc3)cc2)c(OC)c1. The monoisotopic (exact) mass is 588 g/mol. The lowest BCUT2D eigenvalue weighted by atomic mass is 10.0. The predicted octanol–water partition coefficient (Wildman–Crippen LogP) is 7.87. The predicted molar refractivity (Wildman–Crippen MR) is 160 cm³/mol. The fourth-order valence-corrected chi connectivity index (χ4v) is 4.90. The highest BCUT2D eigenvalue weighted by molar-refractivity contribution is 6.36. The van der Waals surface area contributed by atoms with Gasteiger partial charge in [0.15, 0.2) is 0 Å². The van der Waals surface area contributed by atoms with Crippen molar-refractivity contribution in [1.82, 2.24) is 9.55 Å².